The Morgan fingerprint density at radius 2 is 1.68 bits per heavy atom. The number of aryl methyl sites for hydroxylation is 2. The Balaban J connectivity index is 1.68. The number of rotatable bonds is 8. The predicted molar refractivity (Wildman–Crippen MR) is 169 cm³/mol. The molecule has 244 valence electrons. The lowest BCUT2D eigenvalue weighted by molar-refractivity contribution is -0.142. The van der Waals surface area contributed by atoms with Crippen LogP contribution in [0.5, 0.6) is 0 Å². The van der Waals surface area contributed by atoms with Crippen molar-refractivity contribution in [2.45, 2.75) is 111 Å². The second-order valence-corrected chi connectivity index (χ2v) is 14.2. The van der Waals surface area contributed by atoms with E-state index in [1.54, 1.807) is 48.7 Å². The van der Waals surface area contributed by atoms with Gasteiger partial charge >= 0.3 is 12.2 Å². The Labute approximate surface area is 265 Å². The molecule has 0 bridgehead atoms. The number of nitrogens with zero attached hydrogens (tertiary/aromatic N) is 5. The van der Waals surface area contributed by atoms with Crippen LogP contribution in [0.3, 0.4) is 0 Å². The van der Waals surface area contributed by atoms with Gasteiger partial charge in [0.15, 0.2) is 0 Å². The number of halogens is 1. The number of hydrogen-bond acceptors (Lipinski definition) is 7. The average Bonchev–Trinajstić information content (AvgIpc) is 3.69. The van der Waals surface area contributed by atoms with E-state index in [0.717, 1.165) is 41.4 Å². The summed E-state index contributed by atoms with van der Waals surface area (Å²) in [6, 6.07) is 2.69. The first-order chi connectivity index (χ1) is 20.5. The molecule has 1 aromatic heterocycles. The average molecular weight is 634 g/mol. The van der Waals surface area contributed by atoms with E-state index in [4.69, 9.17) is 30.9 Å². The number of methoxy groups -OCH3 is 1. The van der Waals surface area contributed by atoms with Gasteiger partial charge in [-0.1, -0.05) is 11.6 Å². The molecule has 1 aliphatic heterocycles. The minimum absolute atomic E-state index is 0.00812. The van der Waals surface area contributed by atoms with Crippen molar-refractivity contribution in [3.8, 4) is 0 Å². The van der Waals surface area contributed by atoms with E-state index in [1.807, 2.05) is 29.5 Å². The number of hydrogen-bond donors (Lipinski definition) is 0. The van der Waals surface area contributed by atoms with Gasteiger partial charge in [0.25, 0.3) is 0 Å². The molecule has 2 atom stereocenters. The van der Waals surface area contributed by atoms with E-state index in [2.05, 4.69) is 6.07 Å². The molecule has 12 heteroatoms. The van der Waals surface area contributed by atoms with Crippen LogP contribution in [0, 0.1) is 6.92 Å². The summed E-state index contributed by atoms with van der Waals surface area (Å²) in [6.45, 7) is 16.4. The molecule has 0 spiro atoms. The largest absolute Gasteiger partial charge is 0.444 e. The highest BCUT2D eigenvalue weighted by atomic mass is 35.5. The number of piperazine rings is 1. The molecule has 1 saturated carbocycles. The molecule has 44 heavy (non-hydrogen) atoms. The van der Waals surface area contributed by atoms with Gasteiger partial charge in [0.05, 0.1) is 28.8 Å². The monoisotopic (exact) mass is 633 g/mol. The molecular weight excluding hydrogens is 586 g/mol. The Kier molecular flexibility index (Phi) is 10.1. The van der Waals surface area contributed by atoms with Crippen LogP contribution in [0.4, 0.5) is 9.59 Å². The minimum atomic E-state index is -0.935. The third-order valence-corrected chi connectivity index (χ3v) is 8.06. The third-order valence-electron chi connectivity index (χ3n) is 7.76. The Morgan fingerprint density at radius 3 is 2.27 bits per heavy atom. The fraction of sp³-hybridized carbons (Fsp3) is 0.688. The Bertz CT molecular complexity index is 1380. The van der Waals surface area contributed by atoms with Crippen LogP contribution in [-0.2, 0) is 25.5 Å². The van der Waals surface area contributed by atoms with Crippen molar-refractivity contribution in [3.05, 3.63) is 28.4 Å². The second-order valence-electron chi connectivity index (χ2n) is 13.8. The van der Waals surface area contributed by atoms with Gasteiger partial charge in [-0.3, -0.25) is 14.4 Å². The van der Waals surface area contributed by atoms with Gasteiger partial charge in [0.1, 0.15) is 17.2 Å². The van der Waals surface area contributed by atoms with E-state index >= 15 is 0 Å². The Morgan fingerprint density at radius 1 is 1.05 bits per heavy atom. The maximum absolute atomic E-state index is 14.6. The third kappa shape index (κ3) is 7.96. The summed E-state index contributed by atoms with van der Waals surface area (Å²) in [5.74, 6) is -0.236. The lowest BCUT2D eigenvalue weighted by Crippen LogP contribution is -2.63. The minimum Gasteiger partial charge on any atom is -0.444 e. The number of aromatic nitrogens is 2. The fourth-order valence-corrected chi connectivity index (χ4v) is 5.99. The lowest BCUT2D eigenvalue weighted by Gasteiger charge is -2.43. The summed E-state index contributed by atoms with van der Waals surface area (Å²) in [5.41, 5.74) is 1.18. The summed E-state index contributed by atoms with van der Waals surface area (Å²) in [6.07, 6.45) is 1.42. The van der Waals surface area contributed by atoms with Gasteiger partial charge in [-0.2, -0.15) is 5.10 Å². The van der Waals surface area contributed by atoms with E-state index in [0.29, 0.717) is 18.2 Å². The number of carbonyl (C=O) groups excluding carboxylic acids is 3. The van der Waals surface area contributed by atoms with E-state index in [9.17, 15) is 14.4 Å². The van der Waals surface area contributed by atoms with Crippen molar-refractivity contribution >= 4 is 40.6 Å². The molecule has 1 saturated heterocycles. The second kappa shape index (κ2) is 13.1. The highest BCUT2D eigenvalue weighted by molar-refractivity contribution is 6.35. The number of ether oxygens (including phenoxy) is 3. The molecule has 2 heterocycles. The molecule has 0 N–H and O–H groups in total. The van der Waals surface area contributed by atoms with Crippen LogP contribution in [0.1, 0.15) is 85.0 Å². The van der Waals surface area contributed by atoms with Gasteiger partial charge < -0.3 is 24.0 Å². The normalized spacial score (nSPS) is 18.4. The van der Waals surface area contributed by atoms with Crippen molar-refractivity contribution in [1.82, 2.24) is 24.5 Å². The van der Waals surface area contributed by atoms with Crippen LogP contribution in [0.15, 0.2) is 12.1 Å². The summed E-state index contributed by atoms with van der Waals surface area (Å²) >= 11 is 6.84. The highest BCUT2D eigenvalue weighted by Crippen LogP contribution is 2.39. The van der Waals surface area contributed by atoms with E-state index in [1.165, 1.54) is 9.80 Å². The van der Waals surface area contributed by atoms with Crippen molar-refractivity contribution in [2.24, 2.45) is 0 Å². The first kappa shape index (κ1) is 33.8. The maximum atomic E-state index is 14.6. The maximum Gasteiger partial charge on any atom is 0.411 e. The Hall–Kier alpha value is -3.05. The van der Waals surface area contributed by atoms with E-state index < -0.39 is 29.4 Å². The number of amides is 3. The van der Waals surface area contributed by atoms with Crippen molar-refractivity contribution in [1.29, 1.82) is 0 Å². The standard InChI is InChI=1S/C32H48ClN5O6/c1-20-27-24(33)17-22(18-25(27)37(34-20)13-10-16-42-9)21(2)38(23-11-12-23)28(39)26-19-35(29(40)43-31(3,4)5)14-15-36(26)30(41)44-32(6,7)8/h17-18,21,23,26H,10-16,19H2,1-9H3/t21?,26-/m1/s1. The van der Waals surface area contributed by atoms with Gasteiger partial charge in [-0.15, -0.1) is 0 Å². The SMILES string of the molecule is COCCCn1nc(C)c2c(Cl)cc(C(C)N(C(=O)[C@H]3CN(C(=O)OC(C)(C)C)CCN3C(=O)OC(C)(C)C)C3CC3)cc21. The zero-order chi connectivity index (χ0) is 32.6. The summed E-state index contributed by atoms with van der Waals surface area (Å²) in [5, 5.41) is 6.19. The van der Waals surface area contributed by atoms with Gasteiger partial charge in [0, 0.05) is 44.8 Å². The van der Waals surface area contributed by atoms with Crippen molar-refractivity contribution in [2.75, 3.05) is 33.4 Å². The molecule has 3 amide bonds. The van der Waals surface area contributed by atoms with Crippen LogP contribution in [0.25, 0.3) is 10.9 Å². The highest BCUT2D eigenvalue weighted by Gasteiger charge is 2.46. The molecular formula is C32H48ClN5O6. The summed E-state index contributed by atoms with van der Waals surface area (Å²) in [4.78, 5) is 45.8. The zero-order valence-corrected chi connectivity index (χ0v) is 28.4. The molecule has 1 aliphatic carbocycles. The summed E-state index contributed by atoms with van der Waals surface area (Å²) in [7, 11) is 1.68. The molecule has 2 fully saturated rings. The van der Waals surface area contributed by atoms with Crippen LogP contribution in [-0.4, -0.2) is 99.2 Å². The van der Waals surface area contributed by atoms with Crippen LogP contribution >= 0.6 is 11.6 Å². The first-order valence-electron chi connectivity index (χ1n) is 15.5. The van der Waals surface area contributed by atoms with Gasteiger partial charge in [-0.25, -0.2) is 9.59 Å². The molecule has 2 aliphatic rings. The molecule has 1 aromatic carbocycles. The fourth-order valence-electron chi connectivity index (χ4n) is 5.63. The smallest absolute Gasteiger partial charge is 0.411 e. The quantitative estimate of drug-likeness (QED) is 0.331. The molecule has 0 radical (unpaired) electrons. The van der Waals surface area contributed by atoms with Crippen molar-refractivity contribution < 1.29 is 28.6 Å². The molecule has 2 aromatic rings. The zero-order valence-electron chi connectivity index (χ0n) is 27.6. The molecule has 11 nitrogen and oxygen atoms in total. The van der Waals surface area contributed by atoms with Crippen LogP contribution in [0.2, 0.25) is 5.02 Å². The van der Waals surface area contributed by atoms with Crippen molar-refractivity contribution in [3.63, 3.8) is 0 Å². The molecule has 1 unspecified atom stereocenters. The predicted octanol–water partition coefficient (Wildman–Crippen LogP) is 5.94. The molecule has 4 rings (SSSR count). The number of fused-ring (bicyclic) bond motifs is 1. The first-order valence-corrected chi connectivity index (χ1v) is 15.8. The topological polar surface area (TPSA) is 106 Å². The van der Waals surface area contributed by atoms with Gasteiger partial charge in [0.2, 0.25) is 5.91 Å². The lowest BCUT2D eigenvalue weighted by atomic mass is 10.0. The summed E-state index contributed by atoms with van der Waals surface area (Å²) < 4.78 is 18.5. The van der Waals surface area contributed by atoms with Gasteiger partial charge in [-0.05, 0) is 92.3 Å². The van der Waals surface area contributed by atoms with Crippen LogP contribution < -0.4 is 0 Å². The number of carbonyl (C=O) groups is 3. The van der Waals surface area contributed by atoms with E-state index in [-0.39, 0.29) is 37.6 Å². The number of benzene rings is 1.